The lowest BCUT2D eigenvalue weighted by atomic mass is 10.0. The van der Waals surface area contributed by atoms with Crippen LogP contribution < -0.4 is 4.90 Å². The molecule has 0 bridgehead atoms. The van der Waals surface area contributed by atoms with Gasteiger partial charge in [0, 0.05) is 11.4 Å². The number of piperidine rings is 1. The Balaban J connectivity index is 1.56. The van der Waals surface area contributed by atoms with Gasteiger partial charge in [-0.15, -0.1) is 11.8 Å². The van der Waals surface area contributed by atoms with Crippen LogP contribution in [-0.4, -0.2) is 45.7 Å². The van der Waals surface area contributed by atoms with Crippen LogP contribution in [-0.2, 0) is 9.59 Å². The summed E-state index contributed by atoms with van der Waals surface area (Å²) < 4.78 is 5.31. The maximum absolute atomic E-state index is 13.0. The maximum Gasteiger partial charge on any atom is 0.249 e. The van der Waals surface area contributed by atoms with Crippen molar-refractivity contribution in [1.82, 2.24) is 15.0 Å². The molecule has 2 amide bonds. The lowest BCUT2D eigenvalue weighted by Gasteiger charge is -2.36. The molecule has 1 aromatic carbocycles. The first-order chi connectivity index (χ1) is 12.6. The quantitative estimate of drug-likeness (QED) is 0.824. The van der Waals surface area contributed by atoms with Gasteiger partial charge in [0.25, 0.3) is 0 Å². The SMILES string of the molecule is Cc1noc(C2CCCCN2C(=O)CN2C(=O)CSc3ccccc32)n1. The van der Waals surface area contributed by atoms with E-state index in [0.29, 0.717) is 24.0 Å². The molecule has 1 aromatic heterocycles. The summed E-state index contributed by atoms with van der Waals surface area (Å²) in [6, 6.07) is 7.50. The third-order valence-electron chi connectivity index (χ3n) is 4.75. The molecule has 1 saturated heterocycles. The molecule has 1 atom stereocenters. The van der Waals surface area contributed by atoms with Crippen molar-refractivity contribution in [1.29, 1.82) is 0 Å². The highest BCUT2D eigenvalue weighted by Crippen LogP contribution is 2.35. The third kappa shape index (κ3) is 3.21. The predicted octanol–water partition coefficient (Wildman–Crippen LogP) is 2.57. The van der Waals surface area contributed by atoms with Crippen LogP contribution in [0.5, 0.6) is 0 Å². The minimum atomic E-state index is -0.207. The zero-order valence-corrected chi connectivity index (χ0v) is 15.4. The van der Waals surface area contributed by atoms with Crippen molar-refractivity contribution in [2.45, 2.75) is 37.1 Å². The number of fused-ring (bicyclic) bond motifs is 1. The lowest BCUT2D eigenvalue weighted by Crippen LogP contribution is -2.47. The van der Waals surface area contributed by atoms with Crippen molar-refractivity contribution in [3.8, 4) is 0 Å². The molecule has 1 fully saturated rings. The van der Waals surface area contributed by atoms with Crippen LogP contribution in [0.2, 0.25) is 0 Å². The van der Waals surface area contributed by atoms with Crippen molar-refractivity contribution in [2.24, 2.45) is 0 Å². The molecule has 7 nitrogen and oxygen atoms in total. The fourth-order valence-electron chi connectivity index (χ4n) is 3.49. The van der Waals surface area contributed by atoms with Gasteiger partial charge in [0.05, 0.1) is 11.4 Å². The Morgan fingerprint density at radius 1 is 1.35 bits per heavy atom. The first kappa shape index (κ1) is 17.1. The molecule has 26 heavy (non-hydrogen) atoms. The van der Waals surface area contributed by atoms with Gasteiger partial charge in [-0.1, -0.05) is 17.3 Å². The fourth-order valence-corrected chi connectivity index (χ4v) is 4.42. The number of hydrogen-bond donors (Lipinski definition) is 0. The van der Waals surface area contributed by atoms with Crippen molar-refractivity contribution in [3.63, 3.8) is 0 Å². The number of rotatable bonds is 3. The van der Waals surface area contributed by atoms with Crippen LogP contribution >= 0.6 is 11.8 Å². The number of likely N-dealkylation sites (tertiary alicyclic amines) is 1. The summed E-state index contributed by atoms with van der Waals surface area (Å²) in [5, 5.41) is 3.85. The van der Waals surface area contributed by atoms with E-state index in [1.54, 1.807) is 16.7 Å². The number of anilines is 1. The Hall–Kier alpha value is -2.35. The minimum absolute atomic E-state index is 0.0377. The average Bonchev–Trinajstić information content (AvgIpc) is 3.10. The van der Waals surface area contributed by atoms with Gasteiger partial charge in [-0.25, -0.2) is 0 Å². The van der Waals surface area contributed by atoms with Gasteiger partial charge in [0.15, 0.2) is 5.82 Å². The molecule has 2 aromatic rings. The van der Waals surface area contributed by atoms with Crippen molar-refractivity contribution in [3.05, 3.63) is 36.0 Å². The van der Waals surface area contributed by atoms with Gasteiger partial charge in [-0.05, 0) is 38.3 Å². The zero-order valence-electron chi connectivity index (χ0n) is 14.6. The molecule has 0 aliphatic carbocycles. The van der Waals surface area contributed by atoms with E-state index in [2.05, 4.69) is 10.1 Å². The number of thioether (sulfide) groups is 1. The van der Waals surface area contributed by atoms with Gasteiger partial charge >= 0.3 is 0 Å². The van der Waals surface area contributed by atoms with Crippen LogP contribution in [0.25, 0.3) is 0 Å². The Morgan fingerprint density at radius 2 is 2.19 bits per heavy atom. The van der Waals surface area contributed by atoms with Gasteiger partial charge in [0.1, 0.15) is 12.6 Å². The molecule has 3 heterocycles. The van der Waals surface area contributed by atoms with E-state index < -0.39 is 0 Å². The largest absolute Gasteiger partial charge is 0.337 e. The van der Waals surface area contributed by atoms with Gasteiger partial charge in [-0.3, -0.25) is 9.59 Å². The second-order valence-electron chi connectivity index (χ2n) is 6.51. The Labute approximate surface area is 155 Å². The number of amides is 2. The first-order valence-corrected chi connectivity index (χ1v) is 9.74. The van der Waals surface area contributed by atoms with Crippen LogP contribution in [0, 0.1) is 6.92 Å². The highest BCUT2D eigenvalue weighted by atomic mass is 32.2. The lowest BCUT2D eigenvalue weighted by molar-refractivity contribution is -0.135. The highest BCUT2D eigenvalue weighted by Gasteiger charge is 2.34. The number of aryl methyl sites for hydroxylation is 1. The van der Waals surface area contributed by atoms with Crippen LogP contribution in [0.15, 0.2) is 33.7 Å². The van der Waals surface area contributed by atoms with Gasteiger partial charge < -0.3 is 14.3 Å². The summed E-state index contributed by atoms with van der Waals surface area (Å²) in [6.07, 6.45) is 2.75. The van der Waals surface area contributed by atoms with E-state index in [0.717, 1.165) is 29.8 Å². The minimum Gasteiger partial charge on any atom is -0.337 e. The monoisotopic (exact) mass is 372 g/mol. The van der Waals surface area contributed by atoms with E-state index in [1.807, 2.05) is 24.3 Å². The Morgan fingerprint density at radius 3 is 3.00 bits per heavy atom. The second kappa shape index (κ2) is 7.11. The summed E-state index contributed by atoms with van der Waals surface area (Å²) >= 11 is 1.51. The van der Waals surface area contributed by atoms with Gasteiger partial charge in [0.2, 0.25) is 17.7 Å². The van der Waals surface area contributed by atoms with E-state index in [-0.39, 0.29) is 24.4 Å². The summed E-state index contributed by atoms with van der Waals surface area (Å²) in [6.45, 7) is 2.45. The molecule has 8 heteroatoms. The molecular weight excluding hydrogens is 352 g/mol. The van der Waals surface area contributed by atoms with Crippen LogP contribution in [0.1, 0.15) is 37.0 Å². The number of aromatic nitrogens is 2. The molecule has 4 rings (SSSR count). The molecule has 0 radical (unpaired) electrons. The highest BCUT2D eigenvalue weighted by molar-refractivity contribution is 8.00. The fraction of sp³-hybridized carbons (Fsp3) is 0.444. The zero-order chi connectivity index (χ0) is 18.1. The smallest absolute Gasteiger partial charge is 0.249 e. The predicted molar refractivity (Wildman–Crippen MR) is 96.9 cm³/mol. The Bertz CT molecular complexity index is 837. The number of benzene rings is 1. The van der Waals surface area contributed by atoms with E-state index in [1.165, 1.54) is 11.8 Å². The van der Waals surface area contributed by atoms with Crippen molar-refractivity contribution >= 4 is 29.3 Å². The van der Waals surface area contributed by atoms with Gasteiger partial charge in [-0.2, -0.15) is 4.98 Å². The molecule has 136 valence electrons. The molecule has 2 aliphatic rings. The van der Waals surface area contributed by atoms with Crippen LogP contribution in [0.4, 0.5) is 5.69 Å². The van der Waals surface area contributed by atoms with Crippen molar-refractivity contribution in [2.75, 3.05) is 23.7 Å². The molecule has 2 aliphatic heterocycles. The number of carbonyl (C=O) groups excluding carboxylic acids is 2. The molecule has 0 N–H and O–H groups in total. The summed E-state index contributed by atoms with van der Waals surface area (Å²) in [5.41, 5.74) is 0.810. The molecule has 0 spiro atoms. The number of nitrogens with zero attached hydrogens (tertiary/aromatic N) is 4. The van der Waals surface area contributed by atoms with Crippen molar-refractivity contribution < 1.29 is 14.1 Å². The standard InChI is InChI=1S/C18H20N4O3S/c1-12-19-18(25-20-12)14-7-4-5-9-21(14)16(23)10-22-13-6-2-3-8-15(13)26-11-17(22)24/h2-3,6,8,14H,4-5,7,9-11H2,1H3. The Kier molecular flexibility index (Phi) is 4.67. The topological polar surface area (TPSA) is 79.5 Å². The maximum atomic E-state index is 13.0. The average molecular weight is 372 g/mol. The van der Waals surface area contributed by atoms with E-state index >= 15 is 0 Å². The summed E-state index contributed by atoms with van der Waals surface area (Å²) in [5.74, 6) is 1.28. The number of hydrogen-bond acceptors (Lipinski definition) is 6. The number of carbonyl (C=O) groups is 2. The summed E-state index contributed by atoms with van der Waals surface area (Å²) in [7, 11) is 0. The first-order valence-electron chi connectivity index (χ1n) is 8.75. The second-order valence-corrected chi connectivity index (χ2v) is 7.53. The van der Waals surface area contributed by atoms with E-state index in [9.17, 15) is 9.59 Å². The third-order valence-corrected chi connectivity index (χ3v) is 5.80. The molecule has 0 saturated carbocycles. The van der Waals surface area contributed by atoms with E-state index in [4.69, 9.17) is 4.52 Å². The summed E-state index contributed by atoms with van der Waals surface area (Å²) in [4.78, 5) is 34.2. The van der Waals surface area contributed by atoms with Crippen LogP contribution in [0.3, 0.4) is 0 Å². The molecule has 1 unspecified atom stereocenters. The molecular formula is C18H20N4O3S. The normalized spacial score (nSPS) is 20.2. The number of para-hydroxylation sites is 1.